The summed E-state index contributed by atoms with van der Waals surface area (Å²) >= 11 is 0. The van der Waals surface area contributed by atoms with E-state index in [4.69, 9.17) is 4.74 Å². The minimum absolute atomic E-state index is 0.196. The predicted octanol–water partition coefficient (Wildman–Crippen LogP) is 2.22. The smallest absolute Gasteiger partial charge is 0.319 e. The summed E-state index contributed by atoms with van der Waals surface area (Å²) in [6.45, 7) is 9.53. The third-order valence-corrected chi connectivity index (χ3v) is 3.35. The Morgan fingerprint density at radius 3 is 2.40 bits per heavy atom. The molecule has 0 saturated heterocycles. The van der Waals surface area contributed by atoms with E-state index in [-0.39, 0.29) is 18.6 Å². The van der Waals surface area contributed by atoms with Crippen molar-refractivity contribution in [2.75, 3.05) is 32.8 Å². The van der Waals surface area contributed by atoms with Crippen molar-refractivity contribution in [3.05, 3.63) is 35.9 Å². The average molecular weight is 278 g/mol. The topological polar surface area (TPSA) is 41.6 Å². The Balaban J connectivity index is 2.62. The molecule has 0 radical (unpaired) electrons. The number of likely N-dealkylation sites (N-methyl/N-ethyl adjacent to an activating group) is 1. The van der Waals surface area contributed by atoms with E-state index < -0.39 is 0 Å². The average Bonchev–Trinajstić information content (AvgIpc) is 2.48. The van der Waals surface area contributed by atoms with E-state index in [1.165, 1.54) is 5.56 Å². The zero-order valence-electron chi connectivity index (χ0n) is 12.8. The summed E-state index contributed by atoms with van der Waals surface area (Å²) in [5.74, 6) is -0.196. The number of ether oxygens (including phenoxy) is 1. The normalized spacial score (nSPS) is 12.4. The lowest BCUT2D eigenvalue weighted by atomic mass is 10.1. The van der Waals surface area contributed by atoms with E-state index in [2.05, 4.69) is 48.3 Å². The van der Waals surface area contributed by atoms with Crippen molar-refractivity contribution in [3.63, 3.8) is 0 Å². The number of rotatable bonds is 9. The van der Waals surface area contributed by atoms with Gasteiger partial charge in [0, 0.05) is 12.6 Å². The Bertz CT molecular complexity index is 377. The first-order valence-electron chi connectivity index (χ1n) is 7.38. The van der Waals surface area contributed by atoms with Crippen LogP contribution in [0.2, 0.25) is 0 Å². The number of benzene rings is 1. The molecule has 0 fully saturated rings. The number of esters is 1. The van der Waals surface area contributed by atoms with Gasteiger partial charge in [-0.1, -0.05) is 44.2 Å². The standard InChI is InChI=1S/C16H26N2O2/c1-4-18(5-2)15(14-10-8-7-9-11-14)12-17-13-16(19)20-6-3/h7-11,15,17H,4-6,12-13H2,1-3H3. The minimum atomic E-state index is -0.196. The molecule has 4 nitrogen and oxygen atoms in total. The molecule has 0 amide bonds. The van der Waals surface area contributed by atoms with Gasteiger partial charge in [0.05, 0.1) is 13.2 Å². The lowest BCUT2D eigenvalue weighted by Crippen LogP contribution is -2.37. The Hall–Kier alpha value is -1.39. The fourth-order valence-corrected chi connectivity index (χ4v) is 2.32. The number of carbonyl (C=O) groups excluding carboxylic acids is 1. The third kappa shape index (κ3) is 5.31. The lowest BCUT2D eigenvalue weighted by Gasteiger charge is -2.30. The maximum Gasteiger partial charge on any atom is 0.319 e. The number of hydrogen-bond donors (Lipinski definition) is 1. The molecule has 0 aromatic heterocycles. The van der Waals surface area contributed by atoms with E-state index in [1.54, 1.807) is 0 Å². The van der Waals surface area contributed by atoms with Crippen molar-refractivity contribution >= 4 is 5.97 Å². The molecule has 20 heavy (non-hydrogen) atoms. The van der Waals surface area contributed by atoms with Gasteiger partial charge >= 0.3 is 5.97 Å². The van der Waals surface area contributed by atoms with Gasteiger partial charge in [-0.15, -0.1) is 0 Å². The van der Waals surface area contributed by atoms with Crippen LogP contribution in [0.1, 0.15) is 32.4 Å². The molecule has 0 aliphatic heterocycles. The van der Waals surface area contributed by atoms with Gasteiger partial charge in [-0.2, -0.15) is 0 Å². The molecule has 4 heteroatoms. The largest absolute Gasteiger partial charge is 0.465 e. The molecule has 1 unspecified atom stereocenters. The fraction of sp³-hybridized carbons (Fsp3) is 0.562. The van der Waals surface area contributed by atoms with Gasteiger partial charge in [-0.05, 0) is 25.6 Å². The summed E-state index contributed by atoms with van der Waals surface area (Å²) in [5.41, 5.74) is 1.27. The van der Waals surface area contributed by atoms with Crippen molar-refractivity contribution in [1.29, 1.82) is 0 Å². The summed E-state index contributed by atoms with van der Waals surface area (Å²) in [4.78, 5) is 13.8. The van der Waals surface area contributed by atoms with Gasteiger partial charge in [-0.3, -0.25) is 9.69 Å². The van der Waals surface area contributed by atoms with Crippen LogP contribution in [0.5, 0.6) is 0 Å². The number of carbonyl (C=O) groups is 1. The van der Waals surface area contributed by atoms with Crippen molar-refractivity contribution in [1.82, 2.24) is 10.2 Å². The lowest BCUT2D eigenvalue weighted by molar-refractivity contribution is -0.142. The molecule has 0 spiro atoms. The summed E-state index contributed by atoms with van der Waals surface area (Å²) in [6.07, 6.45) is 0. The van der Waals surface area contributed by atoms with Gasteiger partial charge in [0.1, 0.15) is 0 Å². The molecule has 1 N–H and O–H groups in total. The molecule has 0 bridgehead atoms. The van der Waals surface area contributed by atoms with E-state index in [0.717, 1.165) is 19.6 Å². The van der Waals surface area contributed by atoms with E-state index in [9.17, 15) is 4.79 Å². The maximum atomic E-state index is 11.4. The Labute approximate surface area is 122 Å². The Morgan fingerprint density at radius 2 is 1.85 bits per heavy atom. The quantitative estimate of drug-likeness (QED) is 0.703. The summed E-state index contributed by atoms with van der Waals surface area (Å²) in [5, 5.41) is 3.20. The van der Waals surface area contributed by atoms with Crippen molar-refractivity contribution in [3.8, 4) is 0 Å². The molecule has 1 rings (SSSR count). The molecule has 1 aromatic carbocycles. The molecule has 0 aliphatic rings. The van der Waals surface area contributed by atoms with E-state index in [1.807, 2.05) is 13.0 Å². The first-order valence-corrected chi connectivity index (χ1v) is 7.38. The Kier molecular flexibility index (Phi) is 7.92. The second-order valence-electron chi connectivity index (χ2n) is 4.58. The SMILES string of the molecule is CCOC(=O)CNCC(c1ccccc1)N(CC)CC. The highest BCUT2D eigenvalue weighted by Gasteiger charge is 2.17. The van der Waals surface area contributed by atoms with Crippen LogP contribution in [0.25, 0.3) is 0 Å². The van der Waals surface area contributed by atoms with Gasteiger partial charge in [-0.25, -0.2) is 0 Å². The first-order chi connectivity index (χ1) is 9.72. The molecule has 0 aliphatic carbocycles. The highest BCUT2D eigenvalue weighted by Crippen LogP contribution is 2.19. The van der Waals surface area contributed by atoms with Crippen LogP contribution >= 0.6 is 0 Å². The summed E-state index contributed by atoms with van der Waals surface area (Å²) in [6, 6.07) is 10.7. The first kappa shape index (κ1) is 16.7. The Morgan fingerprint density at radius 1 is 1.20 bits per heavy atom. The molecular formula is C16H26N2O2. The number of nitrogens with one attached hydrogen (secondary N) is 1. The molecule has 112 valence electrons. The zero-order valence-corrected chi connectivity index (χ0v) is 12.8. The van der Waals surface area contributed by atoms with Gasteiger partial charge in [0.25, 0.3) is 0 Å². The zero-order chi connectivity index (χ0) is 14.8. The molecule has 0 saturated carbocycles. The van der Waals surface area contributed by atoms with Crippen LogP contribution in [0.4, 0.5) is 0 Å². The molecular weight excluding hydrogens is 252 g/mol. The maximum absolute atomic E-state index is 11.4. The van der Waals surface area contributed by atoms with Gasteiger partial charge in [0.2, 0.25) is 0 Å². The van der Waals surface area contributed by atoms with Gasteiger partial charge < -0.3 is 10.1 Å². The van der Waals surface area contributed by atoms with Crippen LogP contribution in [0.15, 0.2) is 30.3 Å². The third-order valence-electron chi connectivity index (χ3n) is 3.35. The summed E-state index contributed by atoms with van der Waals surface area (Å²) in [7, 11) is 0. The van der Waals surface area contributed by atoms with Crippen molar-refractivity contribution < 1.29 is 9.53 Å². The highest BCUT2D eigenvalue weighted by atomic mass is 16.5. The van der Waals surface area contributed by atoms with Crippen LogP contribution in [-0.4, -0.2) is 43.7 Å². The van der Waals surface area contributed by atoms with Crippen molar-refractivity contribution in [2.24, 2.45) is 0 Å². The van der Waals surface area contributed by atoms with Gasteiger partial charge in [0.15, 0.2) is 0 Å². The van der Waals surface area contributed by atoms with E-state index >= 15 is 0 Å². The summed E-state index contributed by atoms with van der Waals surface area (Å²) < 4.78 is 4.93. The monoisotopic (exact) mass is 278 g/mol. The van der Waals surface area contributed by atoms with Crippen LogP contribution in [0, 0.1) is 0 Å². The van der Waals surface area contributed by atoms with Crippen LogP contribution < -0.4 is 5.32 Å². The second kappa shape index (κ2) is 9.50. The fourth-order valence-electron chi connectivity index (χ4n) is 2.32. The molecule has 0 heterocycles. The highest BCUT2D eigenvalue weighted by molar-refractivity contribution is 5.71. The van der Waals surface area contributed by atoms with Crippen LogP contribution in [-0.2, 0) is 9.53 Å². The predicted molar refractivity (Wildman–Crippen MR) is 81.6 cm³/mol. The van der Waals surface area contributed by atoms with E-state index in [0.29, 0.717) is 6.61 Å². The number of nitrogens with zero attached hydrogens (tertiary/aromatic N) is 1. The molecule has 1 aromatic rings. The van der Waals surface area contributed by atoms with Crippen molar-refractivity contribution in [2.45, 2.75) is 26.8 Å². The number of hydrogen-bond acceptors (Lipinski definition) is 4. The van der Waals surface area contributed by atoms with Crippen LogP contribution in [0.3, 0.4) is 0 Å². The minimum Gasteiger partial charge on any atom is -0.465 e. The second-order valence-corrected chi connectivity index (χ2v) is 4.58. The molecule has 1 atom stereocenters.